The number of hydrogen-bond acceptors (Lipinski definition) is 5. The molecule has 0 aromatic carbocycles. The number of aryl methyl sites for hydroxylation is 1. The van der Waals surface area contributed by atoms with Gasteiger partial charge >= 0.3 is 0 Å². The minimum absolute atomic E-state index is 0.518. The minimum Gasteiger partial charge on any atom is -0.366 e. The fraction of sp³-hybridized carbons (Fsp3) is 0.389. The zero-order chi connectivity index (χ0) is 16.4. The monoisotopic (exact) mass is 322 g/mol. The van der Waals surface area contributed by atoms with Gasteiger partial charge in [-0.15, -0.1) is 0 Å². The van der Waals surface area contributed by atoms with Crippen molar-refractivity contribution in [3.63, 3.8) is 0 Å². The number of rotatable bonds is 4. The average Bonchev–Trinajstić information content (AvgIpc) is 3.02. The molecule has 1 saturated heterocycles. The van der Waals surface area contributed by atoms with Crippen LogP contribution in [0, 0.1) is 6.92 Å². The van der Waals surface area contributed by atoms with Crippen molar-refractivity contribution in [3.05, 3.63) is 53.6 Å². The smallest absolute Gasteiger partial charge is 0.160 e. The van der Waals surface area contributed by atoms with E-state index in [1.807, 2.05) is 23.0 Å². The molecule has 3 aromatic rings. The van der Waals surface area contributed by atoms with E-state index in [2.05, 4.69) is 39.8 Å². The summed E-state index contributed by atoms with van der Waals surface area (Å²) in [6.45, 7) is 4.91. The fourth-order valence-corrected chi connectivity index (χ4v) is 3.24. The third-order valence-electron chi connectivity index (χ3n) is 4.62. The zero-order valence-corrected chi connectivity index (χ0v) is 13.9. The Bertz CT molecular complexity index is 820. The molecule has 0 aliphatic carbocycles. The van der Waals surface area contributed by atoms with E-state index in [4.69, 9.17) is 4.98 Å². The van der Waals surface area contributed by atoms with Gasteiger partial charge in [0.25, 0.3) is 0 Å². The second kappa shape index (κ2) is 6.57. The second-order valence-electron chi connectivity index (χ2n) is 6.37. The van der Waals surface area contributed by atoms with Gasteiger partial charge in [0.1, 0.15) is 5.82 Å². The number of hydrogen-bond donors (Lipinski definition) is 2. The molecule has 0 unspecified atom stereocenters. The Hall–Kier alpha value is -2.47. The number of fused-ring (bicyclic) bond motifs is 1. The van der Waals surface area contributed by atoms with E-state index >= 15 is 0 Å². The summed E-state index contributed by atoms with van der Waals surface area (Å²) in [5.74, 6) is 1.51. The summed E-state index contributed by atoms with van der Waals surface area (Å²) in [4.78, 5) is 9.07. The summed E-state index contributed by atoms with van der Waals surface area (Å²) in [5.41, 5.74) is 4.37. The Morgan fingerprint density at radius 2 is 2.17 bits per heavy atom. The number of anilines is 1. The third kappa shape index (κ3) is 2.97. The van der Waals surface area contributed by atoms with Crippen LogP contribution in [0.25, 0.3) is 5.65 Å². The van der Waals surface area contributed by atoms with Crippen molar-refractivity contribution in [2.75, 3.05) is 18.4 Å². The van der Waals surface area contributed by atoms with Gasteiger partial charge in [-0.2, -0.15) is 9.61 Å². The highest BCUT2D eigenvalue weighted by atomic mass is 15.3. The van der Waals surface area contributed by atoms with E-state index in [1.54, 1.807) is 6.20 Å². The van der Waals surface area contributed by atoms with Crippen molar-refractivity contribution in [1.29, 1.82) is 0 Å². The summed E-state index contributed by atoms with van der Waals surface area (Å²) in [5, 5.41) is 11.4. The highest BCUT2D eigenvalue weighted by molar-refractivity contribution is 5.54. The molecular formula is C18H22N6. The van der Waals surface area contributed by atoms with Gasteiger partial charge in [0, 0.05) is 42.2 Å². The SMILES string of the molecule is Cc1cnn2c(NCc3cccnc3)cc(C3CCNCC3)nc12. The van der Waals surface area contributed by atoms with Gasteiger partial charge in [0.15, 0.2) is 5.65 Å². The standard InChI is InChI=1S/C18H22N6/c1-13-10-22-24-17(21-12-14-3-2-6-20-11-14)9-16(23-18(13)24)15-4-7-19-8-5-15/h2-3,6,9-11,15,19,21H,4-5,7-8,12H2,1H3. The van der Waals surface area contributed by atoms with Gasteiger partial charge in [0.2, 0.25) is 0 Å². The molecule has 6 nitrogen and oxygen atoms in total. The maximum absolute atomic E-state index is 4.89. The number of pyridine rings is 1. The van der Waals surface area contributed by atoms with Crippen molar-refractivity contribution >= 4 is 11.5 Å². The molecule has 0 saturated carbocycles. The Balaban J connectivity index is 1.67. The summed E-state index contributed by atoms with van der Waals surface area (Å²) in [6, 6.07) is 6.18. The van der Waals surface area contributed by atoms with Crippen LogP contribution in [0.15, 0.2) is 36.8 Å². The first-order valence-corrected chi connectivity index (χ1v) is 8.50. The number of nitrogens with one attached hydrogen (secondary N) is 2. The molecule has 3 aromatic heterocycles. The topological polar surface area (TPSA) is 67.1 Å². The van der Waals surface area contributed by atoms with Crippen molar-refractivity contribution in [2.45, 2.75) is 32.2 Å². The Labute approximate surface area is 141 Å². The van der Waals surface area contributed by atoms with Crippen molar-refractivity contribution in [3.8, 4) is 0 Å². The van der Waals surface area contributed by atoms with Crippen LogP contribution >= 0.6 is 0 Å². The number of piperidine rings is 1. The van der Waals surface area contributed by atoms with E-state index < -0.39 is 0 Å². The normalized spacial score (nSPS) is 15.7. The minimum atomic E-state index is 0.518. The Morgan fingerprint density at radius 1 is 1.29 bits per heavy atom. The molecule has 4 heterocycles. The molecular weight excluding hydrogens is 300 g/mol. The third-order valence-corrected chi connectivity index (χ3v) is 4.62. The fourth-order valence-electron chi connectivity index (χ4n) is 3.24. The maximum atomic E-state index is 4.89. The predicted molar refractivity (Wildman–Crippen MR) is 94.1 cm³/mol. The average molecular weight is 322 g/mol. The van der Waals surface area contributed by atoms with Gasteiger partial charge in [0.05, 0.1) is 6.20 Å². The highest BCUT2D eigenvalue weighted by Crippen LogP contribution is 2.27. The van der Waals surface area contributed by atoms with Crippen LogP contribution in [0.3, 0.4) is 0 Å². The summed E-state index contributed by atoms with van der Waals surface area (Å²) < 4.78 is 1.90. The molecule has 1 fully saturated rings. The maximum Gasteiger partial charge on any atom is 0.160 e. The van der Waals surface area contributed by atoms with Crippen LogP contribution in [-0.4, -0.2) is 32.7 Å². The lowest BCUT2D eigenvalue weighted by molar-refractivity contribution is 0.453. The number of aromatic nitrogens is 4. The van der Waals surface area contributed by atoms with Crippen LogP contribution < -0.4 is 10.6 Å². The van der Waals surface area contributed by atoms with Gasteiger partial charge in [-0.25, -0.2) is 4.98 Å². The van der Waals surface area contributed by atoms with Crippen LogP contribution in [0.2, 0.25) is 0 Å². The molecule has 0 spiro atoms. The lowest BCUT2D eigenvalue weighted by Gasteiger charge is -2.23. The van der Waals surface area contributed by atoms with E-state index in [1.165, 1.54) is 5.69 Å². The van der Waals surface area contributed by atoms with Crippen LogP contribution in [0.5, 0.6) is 0 Å². The van der Waals surface area contributed by atoms with Gasteiger partial charge in [-0.05, 0) is 44.5 Å². The lowest BCUT2D eigenvalue weighted by atomic mass is 9.94. The van der Waals surface area contributed by atoms with Crippen molar-refractivity contribution in [1.82, 2.24) is 24.9 Å². The van der Waals surface area contributed by atoms with E-state index in [0.29, 0.717) is 5.92 Å². The summed E-state index contributed by atoms with van der Waals surface area (Å²) in [7, 11) is 0. The van der Waals surface area contributed by atoms with Crippen molar-refractivity contribution in [2.24, 2.45) is 0 Å². The quantitative estimate of drug-likeness (QED) is 0.772. The molecule has 0 radical (unpaired) electrons. The van der Waals surface area contributed by atoms with Crippen molar-refractivity contribution < 1.29 is 0 Å². The molecule has 0 atom stereocenters. The van der Waals surface area contributed by atoms with Gasteiger partial charge < -0.3 is 10.6 Å². The van der Waals surface area contributed by atoms with E-state index in [0.717, 1.165) is 55.1 Å². The molecule has 2 N–H and O–H groups in total. The van der Waals surface area contributed by atoms with E-state index in [9.17, 15) is 0 Å². The first kappa shape index (κ1) is 15.1. The Kier molecular flexibility index (Phi) is 4.13. The molecule has 124 valence electrons. The Morgan fingerprint density at radius 3 is 2.96 bits per heavy atom. The molecule has 1 aliphatic rings. The first-order valence-electron chi connectivity index (χ1n) is 8.50. The van der Waals surface area contributed by atoms with Crippen LogP contribution in [-0.2, 0) is 6.54 Å². The molecule has 6 heteroatoms. The molecule has 0 bridgehead atoms. The van der Waals surface area contributed by atoms with Crippen LogP contribution in [0.4, 0.5) is 5.82 Å². The van der Waals surface area contributed by atoms with Gasteiger partial charge in [-0.3, -0.25) is 4.98 Å². The summed E-state index contributed by atoms with van der Waals surface area (Å²) in [6.07, 6.45) is 7.83. The highest BCUT2D eigenvalue weighted by Gasteiger charge is 2.19. The predicted octanol–water partition coefficient (Wildman–Crippen LogP) is 2.51. The zero-order valence-electron chi connectivity index (χ0n) is 13.9. The molecule has 0 amide bonds. The summed E-state index contributed by atoms with van der Waals surface area (Å²) >= 11 is 0. The van der Waals surface area contributed by atoms with Crippen LogP contribution in [0.1, 0.15) is 35.6 Å². The first-order chi connectivity index (χ1) is 11.8. The van der Waals surface area contributed by atoms with E-state index in [-0.39, 0.29) is 0 Å². The molecule has 1 aliphatic heterocycles. The lowest BCUT2D eigenvalue weighted by Crippen LogP contribution is -2.27. The largest absolute Gasteiger partial charge is 0.366 e. The van der Waals surface area contributed by atoms with Gasteiger partial charge in [-0.1, -0.05) is 6.07 Å². The molecule has 24 heavy (non-hydrogen) atoms. The second-order valence-corrected chi connectivity index (χ2v) is 6.37. The number of nitrogens with zero attached hydrogens (tertiary/aromatic N) is 4. The molecule has 4 rings (SSSR count).